The van der Waals surface area contributed by atoms with Gasteiger partial charge in [0.05, 0.1) is 0 Å². The van der Waals surface area contributed by atoms with Gasteiger partial charge in [0, 0.05) is 44.8 Å². The highest BCUT2D eigenvalue weighted by Gasteiger charge is 2.28. The van der Waals surface area contributed by atoms with Crippen molar-refractivity contribution in [3.8, 4) is 0 Å². The first-order valence-corrected chi connectivity index (χ1v) is 9.80. The summed E-state index contributed by atoms with van der Waals surface area (Å²) in [4.78, 5) is 8.10. The van der Waals surface area contributed by atoms with Gasteiger partial charge in [0.1, 0.15) is 0 Å². The molecule has 22 heavy (non-hydrogen) atoms. The molecule has 0 radical (unpaired) electrons. The molecule has 0 aromatic carbocycles. The summed E-state index contributed by atoms with van der Waals surface area (Å²) in [7, 11) is 0. The van der Waals surface area contributed by atoms with Crippen LogP contribution in [0.4, 0.5) is 0 Å². The largest absolute Gasteiger partial charge is 0.303 e. The highest BCUT2D eigenvalue weighted by atomic mass is 15.3. The predicted molar refractivity (Wildman–Crippen MR) is 98.5 cm³/mol. The van der Waals surface area contributed by atoms with E-state index in [1.165, 1.54) is 65.1 Å². The number of rotatable bonds is 5. The molecule has 2 heterocycles. The molecule has 0 N–H and O–H groups in total. The van der Waals surface area contributed by atoms with Gasteiger partial charge in [-0.15, -0.1) is 0 Å². The molecule has 2 rings (SSSR count). The monoisotopic (exact) mass is 311 g/mol. The molecule has 3 nitrogen and oxygen atoms in total. The van der Waals surface area contributed by atoms with E-state index >= 15 is 0 Å². The van der Waals surface area contributed by atoms with Crippen LogP contribution < -0.4 is 0 Å². The van der Waals surface area contributed by atoms with Crippen molar-refractivity contribution in [2.24, 2.45) is 5.92 Å². The number of hydrogen-bond acceptors (Lipinski definition) is 3. The van der Waals surface area contributed by atoms with Crippen LogP contribution in [0.25, 0.3) is 0 Å². The van der Waals surface area contributed by atoms with E-state index < -0.39 is 0 Å². The first-order valence-electron chi connectivity index (χ1n) is 9.80. The zero-order valence-corrected chi connectivity index (χ0v) is 16.1. The molecule has 132 valence electrons. The highest BCUT2D eigenvalue weighted by molar-refractivity contribution is 4.84. The lowest BCUT2D eigenvalue weighted by Crippen LogP contribution is -2.54. The van der Waals surface area contributed by atoms with E-state index in [1.54, 1.807) is 0 Å². The van der Waals surface area contributed by atoms with Crippen LogP contribution >= 0.6 is 0 Å². The Labute approximate surface area is 140 Å². The van der Waals surface area contributed by atoms with E-state index in [0.29, 0.717) is 0 Å². The fourth-order valence-corrected chi connectivity index (χ4v) is 3.78. The standard InChI is InChI=1S/C17H35N3.C2H6/c1-5-16(4)19-10-12-20(13-11-19)17-6-8-18(9-7-17)14-15(2)3;1-2/h15-17H,5-14H2,1-4H3;1-2H3. The summed E-state index contributed by atoms with van der Waals surface area (Å²) in [6, 6.07) is 1.63. The molecule has 0 aromatic heterocycles. The second-order valence-corrected chi connectivity index (χ2v) is 7.25. The van der Waals surface area contributed by atoms with E-state index in [9.17, 15) is 0 Å². The molecular weight excluding hydrogens is 270 g/mol. The quantitative estimate of drug-likeness (QED) is 0.769. The molecule has 1 unspecified atom stereocenters. The van der Waals surface area contributed by atoms with E-state index in [4.69, 9.17) is 0 Å². The molecule has 3 heteroatoms. The average Bonchev–Trinajstić information content (AvgIpc) is 2.56. The normalized spacial score (nSPS) is 24.1. The smallest absolute Gasteiger partial charge is 0.0121 e. The first-order chi connectivity index (χ1) is 10.6. The summed E-state index contributed by atoms with van der Waals surface area (Å²) in [5, 5.41) is 0. The summed E-state index contributed by atoms with van der Waals surface area (Å²) >= 11 is 0. The Morgan fingerprint density at radius 3 is 1.86 bits per heavy atom. The van der Waals surface area contributed by atoms with Gasteiger partial charge in [-0.2, -0.15) is 0 Å². The van der Waals surface area contributed by atoms with Crippen molar-refractivity contribution in [2.45, 2.75) is 72.9 Å². The van der Waals surface area contributed by atoms with Crippen LogP contribution in [0.5, 0.6) is 0 Å². The molecule has 0 spiro atoms. The first kappa shape index (κ1) is 19.9. The van der Waals surface area contributed by atoms with Crippen LogP contribution in [-0.4, -0.2) is 72.6 Å². The maximum atomic E-state index is 2.77. The molecule has 2 fully saturated rings. The minimum absolute atomic E-state index is 0.769. The average molecular weight is 312 g/mol. The molecule has 0 aliphatic carbocycles. The SMILES string of the molecule is CC.CCC(C)N1CCN(C2CCN(CC(C)C)CC2)CC1. The summed E-state index contributed by atoms with van der Waals surface area (Å²) < 4.78 is 0. The summed E-state index contributed by atoms with van der Waals surface area (Å²) in [6.45, 7) is 22.4. The Hall–Kier alpha value is -0.120. The van der Waals surface area contributed by atoms with Gasteiger partial charge < -0.3 is 4.90 Å². The van der Waals surface area contributed by atoms with Crippen LogP contribution in [0.2, 0.25) is 0 Å². The lowest BCUT2D eigenvalue weighted by molar-refractivity contribution is 0.0431. The van der Waals surface area contributed by atoms with Gasteiger partial charge in [-0.25, -0.2) is 0 Å². The van der Waals surface area contributed by atoms with Crippen molar-refractivity contribution < 1.29 is 0 Å². The predicted octanol–water partition coefficient (Wildman–Crippen LogP) is 3.55. The molecule has 1 atom stereocenters. The molecule has 2 saturated heterocycles. The Morgan fingerprint density at radius 1 is 0.864 bits per heavy atom. The number of hydrogen-bond donors (Lipinski definition) is 0. The minimum Gasteiger partial charge on any atom is -0.303 e. The fraction of sp³-hybridized carbons (Fsp3) is 1.00. The van der Waals surface area contributed by atoms with Gasteiger partial charge in [-0.1, -0.05) is 34.6 Å². The third-order valence-electron chi connectivity index (χ3n) is 5.26. The van der Waals surface area contributed by atoms with Crippen LogP contribution in [0.15, 0.2) is 0 Å². The van der Waals surface area contributed by atoms with Crippen molar-refractivity contribution in [1.82, 2.24) is 14.7 Å². The summed E-state index contributed by atoms with van der Waals surface area (Å²) in [5.74, 6) is 0.811. The molecule has 0 amide bonds. The Kier molecular flexibility index (Phi) is 9.62. The lowest BCUT2D eigenvalue weighted by Gasteiger charge is -2.44. The summed E-state index contributed by atoms with van der Waals surface area (Å²) in [5.41, 5.74) is 0. The zero-order chi connectivity index (χ0) is 16.5. The van der Waals surface area contributed by atoms with Crippen LogP contribution in [0.3, 0.4) is 0 Å². The summed E-state index contributed by atoms with van der Waals surface area (Å²) in [6.07, 6.45) is 4.06. The van der Waals surface area contributed by atoms with Crippen molar-refractivity contribution in [1.29, 1.82) is 0 Å². The van der Waals surface area contributed by atoms with E-state index in [0.717, 1.165) is 18.0 Å². The second-order valence-electron chi connectivity index (χ2n) is 7.25. The Balaban J connectivity index is 0.00000116. The number of piperidine rings is 1. The maximum absolute atomic E-state index is 2.77. The van der Waals surface area contributed by atoms with Gasteiger partial charge in [-0.3, -0.25) is 9.80 Å². The van der Waals surface area contributed by atoms with Crippen molar-refractivity contribution in [2.75, 3.05) is 45.8 Å². The molecule has 0 aromatic rings. The minimum atomic E-state index is 0.769. The zero-order valence-electron chi connectivity index (χ0n) is 16.1. The van der Waals surface area contributed by atoms with Gasteiger partial charge in [0.2, 0.25) is 0 Å². The van der Waals surface area contributed by atoms with Crippen molar-refractivity contribution in [3.05, 3.63) is 0 Å². The van der Waals surface area contributed by atoms with Crippen molar-refractivity contribution >= 4 is 0 Å². The van der Waals surface area contributed by atoms with Gasteiger partial charge in [-0.05, 0) is 45.2 Å². The van der Waals surface area contributed by atoms with E-state index in [2.05, 4.69) is 42.4 Å². The molecule has 2 aliphatic heterocycles. The lowest BCUT2D eigenvalue weighted by atomic mass is 10.0. The van der Waals surface area contributed by atoms with Gasteiger partial charge >= 0.3 is 0 Å². The number of likely N-dealkylation sites (tertiary alicyclic amines) is 1. The molecule has 0 saturated carbocycles. The van der Waals surface area contributed by atoms with Crippen LogP contribution in [0, 0.1) is 5.92 Å². The third kappa shape index (κ3) is 6.17. The second kappa shape index (κ2) is 10.6. The number of nitrogens with zero attached hydrogens (tertiary/aromatic N) is 3. The van der Waals surface area contributed by atoms with Crippen LogP contribution in [-0.2, 0) is 0 Å². The Morgan fingerprint density at radius 2 is 1.41 bits per heavy atom. The van der Waals surface area contributed by atoms with Gasteiger partial charge in [0.15, 0.2) is 0 Å². The molecule has 0 bridgehead atoms. The highest BCUT2D eigenvalue weighted by Crippen LogP contribution is 2.20. The molecule has 2 aliphatic rings. The van der Waals surface area contributed by atoms with E-state index in [-0.39, 0.29) is 0 Å². The van der Waals surface area contributed by atoms with Crippen molar-refractivity contribution in [3.63, 3.8) is 0 Å². The van der Waals surface area contributed by atoms with Crippen LogP contribution in [0.1, 0.15) is 60.8 Å². The van der Waals surface area contributed by atoms with Gasteiger partial charge in [0.25, 0.3) is 0 Å². The third-order valence-corrected chi connectivity index (χ3v) is 5.26. The molecular formula is C19H41N3. The fourth-order valence-electron chi connectivity index (χ4n) is 3.78. The Bertz CT molecular complexity index is 264. The maximum Gasteiger partial charge on any atom is 0.0121 e. The topological polar surface area (TPSA) is 9.72 Å². The number of piperazine rings is 1. The van der Waals surface area contributed by atoms with E-state index in [1.807, 2.05) is 13.8 Å².